The van der Waals surface area contributed by atoms with Gasteiger partial charge in [0.2, 0.25) is 5.89 Å². The first-order valence-corrected chi connectivity index (χ1v) is 18.4. The van der Waals surface area contributed by atoms with Crippen molar-refractivity contribution in [1.82, 2.24) is 9.55 Å². The molecule has 0 amide bonds. The second kappa shape index (κ2) is 11.5. The lowest BCUT2D eigenvalue weighted by Gasteiger charge is -2.26. The van der Waals surface area contributed by atoms with Crippen LogP contribution in [-0.4, -0.2) is 9.55 Å². The summed E-state index contributed by atoms with van der Waals surface area (Å²) < 4.78 is 21.6. The SMILES string of the molecule is c1ccc(-c2nc3cc4oc5ccc(N(c6ccc7c8ccccc8n(-c8ccccc8)c7c6)c6cccc7oc8ccccc8c67)cc5c4cc3o2)cc1. The number of hydrogen-bond acceptors (Lipinski definition) is 5. The van der Waals surface area contributed by atoms with E-state index in [9.17, 15) is 0 Å². The summed E-state index contributed by atoms with van der Waals surface area (Å²) in [5.74, 6) is 0.586. The van der Waals surface area contributed by atoms with E-state index >= 15 is 0 Å². The van der Waals surface area contributed by atoms with Crippen LogP contribution >= 0.6 is 0 Å². The largest absolute Gasteiger partial charge is 0.456 e. The van der Waals surface area contributed by atoms with Crippen molar-refractivity contribution in [3.05, 3.63) is 176 Å². The first kappa shape index (κ1) is 29.9. The van der Waals surface area contributed by atoms with Crippen LogP contribution in [0.1, 0.15) is 0 Å². The average molecular weight is 708 g/mol. The van der Waals surface area contributed by atoms with Crippen molar-refractivity contribution in [2.45, 2.75) is 0 Å². The normalized spacial score (nSPS) is 12.0. The van der Waals surface area contributed by atoms with Crippen LogP contribution in [0.4, 0.5) is 17.1 Å². The molecule has 0 bridgehead atoms. The van der Waals surface area contributed by atoms with E-state index in [1.807, 2.05) is 54.6 Å². The molecule has 6 heteroatoms. The van der Waals surface area contributed by atoms with Gasteiger partial charge in [-0.05, 0) is 84.9 Å². The van der Waals surface area contributed by atoms with Crippen LogP contribution in [0.3, 0.4) is 0 Å². The smallest absolute Gasteiger partial charge is 0.227 e. The van der Waals surface area contributed by atoms with Crippen molar-refractivity contribution in [1.29, 1.82) is 0 Å². The van der Waals surface area contributed by atoms with Crippen molar-refractivity contribution in [2.24, 2.45) is 0 Å². The molecule has 4 heterocycles. The Hall–Kier alpha value is -7.57. The van der Waals surface area contributed by atoms with Crippen LogP contribution in [-0.2, 0) is 0 Å². The Morgan fingerprint density at radius 1 is 0.418 bits per heavy atom. The summed E-state index contributed by atoms with van der Waals surface area (Å²) in [7, 11) is 0. The van der Waals surface area contributed by atoms with E-state index in [-0.39, 0.29) is 0 Å². The van der Waals surface area contributed by atoms with Gasteiger partial charge in [-0.25, -0.2) is 4.98 Å². The summed E-state index contributed by atoms with van der Waals surface area (Å²) >= 11 is 0. The Kier molecular flexibility index (Phi) is 6.24. The third kappa shape index (κ3) is 4.52. The van der Waals surface area contributed by atoms with Gasteiger partial charge in [0.1, 0.15) is 27.8 Å². The Morgan fingerprint density at radius 2 is 1.09 bits per heavy atom. The van der Waals surface area contributed by atoms with Crippen molar-refractivity contribution in [2.75, 3.05) is 4.90 Å². The fourth-order valence-electron chi connectivity index (χ4n) is 8.35. The number of fused-ring (bicyclic) bond motifs is 10. The molecule has 0 aliphatic rings. The van der Waals surface area contributed by atoms with Gasteiger partial charge in [-0.3, -0.25) is 0 Å². The number of rotatable bonds is 5. The summed E-state index contributed by atoms with van der Waals surface area (Å²) in [4.78, 5) is 7.14. The van der Waals surface area contributed by atoms with Gasteiger partial charge in [0, 0.05) is 55.6 Å². The van der Waals surface area contributed by atoms with Crippen LogP contribution < -0.4 is 4.90 Å². The van der Waals surface area contributed by atoms with Crippen LogP contribution in [0.2, 0.25) is 0 Å². The van der Waals surface area contributed by atoms with Gasteiger partial charge in [-0.1, -0.05) is 84.9 Å². The van der Waals surface area contributed by atoms with Gasteiger partial charge in [0.25, 0.3) is 0 Å². The number of furan rings is 2. The zero-order valence-corrected chi connectivity index (χ0v) is 29.3. The molecule has 12 aromatic rings. The maximum Gasteiger partial charge on any atom is 0.227 e. The molecule has 8 aromatic carbocycles. The summed E-state index contributed by atoms with van der Waals surface area (Å²) in [6.45, 7) is 0. The first-order chi connectivity index (χ1) is 27.2. The zero-order chi connectivity index (χ0) is 36.0. The molecule has 0 aliphatic heterocycles. The van der Waals surface area contributed by atoms with Crippen molar-refractivity contribution >= 4 is 93.8 Å². The second-order valence-corrected chi connectivity index (χ2v) is 14.0. The molecule has 0 fully saturated rings. The summed E-state index contributed by atoms with van der Waals surface area (Å²) in [6.07, 6.45) is 0. The Balaban J connectivity index is 1.12. The number of hydrogen-bond donors (Lipinski definition) is 0. The predicted octanol–water partition coefficient (Wildman–Crippen LogP) is 13.9. The number of nitrogens with zero attached hydrogens (tertiary/aromatic N) is 3. The zero-order valence-electron chi connectivity index (χ0n) is 29.3. The Morgan fingerprint density at radius 3 is 1.98 bits per heavy atom. The highest BCUT2D eigenvalue weighted by Gasteiger charge is 2.23. The quantitative estimate of drug-likeness (QED) is 0.178. The van der Waals surface area contributed by atoms with Gasteiger partial charge in [0.15, 0.2) is 5.58 Å². The molecular formula is C49H29N3O3. The van der Waals surface area contributed by atoms with Crippen LogP contribution in [0.15, 0.2) is 189 Å². The maximum absolute atomic E-state index is 6.47. The first-order valence-electron chi connectivity index (χ1n) is 18.4. The number of aromatic nitrogens is 2. The number of oxazole rings is 1. The molecule has 4 aromatic heterocycles. The molecule has 55 heavy (non-hydrogen) atoms. The van der Waals surface area contributed by atoms with Crippen LogP contribution in [0, 0.1) is 0 Å². The van der Waals surface area contributed by atoms with Crippen molar-refractivity contribution in [3.8, 4) is 17.1 Å². The van der Waals surface area contributed by atoms with E-state index in [4.69, 9.17) is 18.2 Å². The van der Waals surface area contributed by atoms with Crippen molar-refractivity contribution in [3.63, 3.8) is 0 Å². The highest BCUT2D eigenvalue weighted by atomic mass is 16.4. The highest BCUT2D eigenvalue weighted by molar-refractivity contribution is 6.16. The number of anilines is 3. The monoisotopic (exact) mass is 707 g/mol. The predicted molar refractivity (Wildman–Crippen MR) is 223 cm³/mol. The van der Waals surface area contributed by atoms with Gasteiger partial charge in [-0.2, -0.15) is 0 Å². The molecule has 0 atom stereocenters. The van der Waals surface area contributed by atoms with E-state index < -0.39 is 0 Å². The molecule has 0 radical (unpaired) electrons. The summed E-state index contributed by atoms with van der Waals surface area (Å²) in [5.41, 5.74) is 12.1. The highest BCUT2D eigenvalue weighted by Crippen LogP contribution is 2.46. The second-order valence-electron chi connectivity index (χ2n) is 14.0. The molecule has 0 spiro atoms. The van der Waals surface area contributed by atoms with Gasteiger partial charge < -0.3 is 22.7 Å². The third-order valence-electron chi connectivity index (χ3n) is 10.8. The van der Waals surface area contributed by atoms with E-state index in [0.29, 0.717) is 11.5 Å². The van der Waals surface area contributed by atoms with E-state index in [0.717, 1.165) is 88.7 Å². The molecule has 258 valence electrons. The van der Waals surface area contributed by atoms with Crippen LogP contribution in [0.5, 0.6) is 0 Å². The lowest BCUT2D eigenvalue weighted by molar-refractivity contribution is 0.620. The molecule has 0 N–H and O–H groups in total. The topological polar surface area (TPSA) is 60.5 Å². The summed E-state index contributed by atoms with van der Waals surface area (Å²) in [6, 6.07) is 61.0. The van der Waals surface area contributed by atoms with E-state index in [1.165, 1.54) is 10.8 Å². The minimum Gasteiger partial charge on any atom is -0.456 e. The minimum atomic E-state index is 0.586. The molecule has 12 rings (SSSR count). The molecule has 0 saturated carbocycles. The van der Waals surface area contributed by atoms with Gasteiger partial charge in [-0.15, -0.1) is 0 Å². The minimum absolute atomic E-state index is 0.586. The Labute approximate surface area is 313 Å². The third-order valence-corrected chi connectivity index (χ3v) is 10.8. The average Bonchev–Trinajstić information content (AvgIpc) is 4.01. The maximum atomic E-state index is 6.47. The van der Waals surface area contributed by atoms with Gasteiger partial charge >= 0.3 is 0 Å². The summed E-state index contributed by atoms with van der Waals surface area (Å²) in [5, 5.41) is 6.47. The van der Waals surface area contributed by atoms with Crippen molar-refractivity contribution < 1.29 is 13.3 Å². The van der Waals surface area contributed by atoms with Gasteiger partial charge in [0.05, 0.1) is 22.1 Å². The fourth-order valence-corrected chi connectivity index (χ4v) is 8.35. The molecular weight excluding hydrogens is 679 g/mol. The molecule has 0 aliphatic carbocycles. The van der Waals surface area contributed by atoms with Crippen LogP contribution in [0.25, 0.3) is 93.9 Å². The molecule has 6 nitrogen and oxygen atoms in total. The van der Waals surface area contributed by atoms with E-state index in [1.54, 1.807) is 0 Å². The number of benzene rings is 8. The number of para-hydroxylation sites is 3. The molecule has 0 saturated heterocycles. The molecule has 0 unspecified atom stereocenters. The Bertz CT molecular complexity index is 3440. The lowest BCUT2D eigenvalue weighted by atomic mass is 10.1. The lowest BCUT2D eigenvalue weighted by Crippen LogP contribution is -2.10. The van der Waals surface area contributed by atoms with E-state index in [2.05, 4.69) is 131 Å². The standard InChI is InChI=1S/C49H29N3O3/c1-3-12-30(13-4-1)49-50-39-29-46-38(28-47(39)55-49)37-26-32(23-25-44(37)54-46)51(41-19-11-21-45-48(41)36-17-8-10-20-43(36)53-45)33-22-24-35-34-16-7-9-18-40(34)52(42(35)27-33)31-14-5-2-6-15-31/h1-29H. The fraction of sp³-hybridized carbons (Fsp3) is 0.